The van der Waals surface area contributed by atoms with Gasteiger partial charge in [-0.05, 0) is 48.9 Å². The maximum Gasteiger partial charge on any atom is 0.416 e. The summed E-state index contributed by atoms with van der Waals surface area (Å²) in [6, 6.07) is 15.7. The lowest BCUT2D eigenvalue weighted by Crippen LogP contribution is -2.49. The summed E-state index contributed by atoms with van der Waals surface area (Å²) in [5.41, 5.74) is 1.25. The first-order valence-electron chi connectivity index (χ1n) is 10.0. The molecule has 1 N–H and O–H groups in total. The first kappa shape index (κ1) is 20.9. The Morgan fingerprint density at radius 2 is 1.84 bits per heavy atom. The molecule has 1 saturated heterocycles. The fraction of sp³-hybridized carbons (Fsp3) is 0.250. The summed E-state index contributed by atoms with van der Waals surface area (Å²) in [7, 11) is 0. The van der Waals surface area contributed by atoms with Gasteiger partial charge in [-0.2, -0.15) is 0 Å². The number of aryl methyl sites for hydroxylation is 1. The van der Waals surface area contributed by atoms with E-state index in [1.54, 1.807) is 36.4 Å². The summed E-state index contributed by atoms with van der Waals surface area (Å²) in [6.07, 6.45) is -0.276. The number of aromatic nitrogens is 1. The minimum absolute atomic E-state index is 0.0929. The zero-order chi connectivity index (χ0) is 22.0. The molecule has 0 aliphatic carbocycles. The third-order valence-electron chi connectivity index (χ3n) is 5.60. The summed E-state index contributed by atoms with van der Waals surface area (Å²) in [4.78, 5) is 19.0. The minimum atomic E-state index is -1.24. The topological polar surface area (TPSA) is 62.7 Å². The van der Waals surface area contributed by atoms with Crippen LogP contribution in [-0.2, 0) is 10.3 Å². The number of aliphatic hydroxyl groups is 1. The van der Waals surface area contributed by atoms with E-state index >= 15 is 0 Å². The average Bonchev–Trinajstić information content (AvgIpc) is 2.76. The van der Waals surface area contributed by atoms with Crippen LogP contribution in [0, 0.1) is 18.6 Å². The Morgan fingerprint density at radius 3 is 2.52 bits per heavy atom. The number of hydrogen-bond acceptors (Lipinski definition) is 4. The van der Waals surface area contributed by atoms with Crippen LogP contribution in [0.2, 0.25) is 0 Å². The summed E-state index contributed by atoms with van der Waals surface area (Å²) >= 11 is 0. The number of ether oxygens (including phenoxy) is 1. The Kier molecular flexibility index (Phi) is 5.69. The highest BCUT2D eigenvalue weighted by Crippen LogP contribution is 2.39. The van der Waals surface area contributed by atoms with Crippen molar-refractivity contribution in [2.75, 3.05) is 18.1 Å². The largest absolute Gasteiger partial charge is 0.437 e. The zero-order valence-corrected chi connectivity index (χ0v) is 17.0. The van der Waals surface area contributed by atoms with Crippen LogP contribution in [0.5, 0.6) is 0 Å². The van der Waals surface area contributed by atoms with Gasteiger partial charge >= 0.3 is 6.09 Å². The van der Waals surface area contributed by atoms with Gasteiger partial charge in [-0.3, -0.25) is 4.90 Å². The molecular formula is C24H22F2N2O3. The molecule has 1 unspecified atom stereocenters. The predicted molar refractivity (Wildman–Crippen MR) is 113 cm³/mol. The van der Waals surface area contributed by atoms with Crippen LogP contribution in [0.15, 0.2) is 60.7 Å². The van der Waals surface area contributed by atoms with Crippen LogP contribution in [0.1, 0.15) is 24.0 Å². The van der Waals surface area contributed by atoms with Crippen LogP contribution in [-0.4, -0.2) is 29.3 Å². The first-order valence-corrected chi connectivity index (χ1v) is 10.0. The first-order chi connectivity index (χ1) is 14.9. The third-order valence-corrected chi connectivity index (χ3v) is 5.60. The standard InChI is InChI=1S/C24H22F2N2O3/c1-16-6-11-21(27-22(16)17-7-9-18(25)10-8-17)28-14-12-24(13-15-29,31-23(28)30)19-4-2-3-5-20(19)26/h2-11,29H,12-15H2,1H3. The van der Waals surface area contributed by atoms with E-state index < -0.39 is 17.5 Å². The van der Waals surface area contributed by atoms with Crippen molar-refractivity contribution < 1.29 is 23.4 Å². The molecule has 0 spiro atoms. The second kappa shape index (κ2) is 8.43. The minimum Gasteiger partial charge on any atom is -0.437 e. The van der Waals surface area contributed by atoms with Crippen molar-refractivity contribution in [2.24, 2.45) is 0 Å². The van der Waals surface area contributed by atoms with E-state index in [9.17, 15) is 18.7 Å². The molecule has 2 heterocycles. The predicted octanol–water partition coefficient (Wildman–Crippen LogP) is 4.96. The summed E-state index contributed by atoms with van der Waals surface area (Å²) in [5.74, 6) is -0.434. The van der Waals surface area contributed by atoms with Crippen molar-refractivity contribution in [1.29, 1.82) is 0 Å². The number of cyclic esters (lactones) is 1. The molecule has 0 bridgehead atoms. The molecule has 2 aromatic carbocycles. The van der Waals surface area contributed by atoms with Crippen LogP contribution in [0.4, 0.5) is 19.4 Å². The fourth-order valence-corrected chi connectivity index (χ4v) is 3.95. The van der Waals surface area contributed by atoms with E-state index in [1.807, 2.05) is 13.0 Å². The quantitative estimate of drug-likeness (QED) is 0.629. The van der Waals surface area contributed by atoms with E-state index in [0.29, 0.717) is 17.9 Å². The lowest BCUT2D eigenvalue weighted by Gasteiger charge is -2.41. The van der Waals surface area contributed by atoms with Crippen LogP contribution < -0.4 is 4.90 Å². The normalized spacial score (nSPS) is 18.7. The zero-order valence-electron chi connectivity index (χ0n) is 17.0. The third kappa shape index (κ3) is 4.01. The number of nitrogens with zero attached hydrogens (tertiary/aromatic N) is 2. The van der Waals surface area contributed by atoms with Gasteiger partial charge in [-0.15, -0.1) is 0 Å². The maximum absolute atomic E-state index is 14.5. The Balaban J connectivity index is 1.65. The van der Waals surface area contributed by atoms with Gasteiger partial charge in [0.05, 0.1) is 5.69 Å². The molecule has 0 saturated carbocycles. The number of carbonyl (C=O) groups excluding carboxylic acids is 1. The number of anilines is 1. The van der Waals surface area contributed by atoms with Crippen molar-refractivity contribution in [3.8, 4) is 11.3 Å². The summed E-state index contributed by atoms with van der Waals surface area (Å²) < 4.78 is 33.5. The Bertz CT molecular complexity index is 1100. The van der Waals surface area contributed by atoms with E-state index in [0.717, 1.165) is 11.1 Å². The van der Waals surface area contributed by atoms with E-state index in [1.165, 1.54) is 23.1 Å². The molecule has 1 amide bonds. The Hall–Kier alpha value is -3.32. The van der Waals surface area contributed by atoms with Crippen LogP contribution in [0.25, 0.3) is 11.3 Å². The highest BCUT2D eigenvalue weighted by Gasteiger charge is 2.44. The maximum atomic E-state index is 14.5. The monoisotopic (exact) mass is 424 g/mol. The molecule has 1 aromatic heterocycles. The van der Waals surface area contributed by atoms with Gasteiger partial charge in [0.25, 0.3) is 0 Å². The molecule has 1 atom stereocenters. The fourth-order valence-electron chi connectivity index (χ4n) is 3.95. The Labute approximate surface area is 178 Å². The number of rotatable bonds is 5. The van der Waals surface area contributed by atoms with Gasteiger partial charge in [0.1, 0.15) is 23.1 Å². The molecule has 3 aromatic rings. The molecule has 1 fully saturated rings. The lowest BCUT2D eigenvalue weighted by atomic mass is 9.85. The number of pyridine rings is 1. The van der Waals surface area contributed by atoms with Crippen LogP contribution >= 0.6 is 0 Å². The molecule has 0 radical (unpaired) electrons. The SMILES string of the molecule is Cc1ccc(N2CCC(CCO)(c3ccccc3F)OC2=O)nc1-c1ccc(F)cc1. The molecule has 5 nitrogen and oxygen atoms in total. The van der Waals surface area contributed by atoms with Gasteiger partial charge in [0.15, 0.2) is 0 Å². The van der Waals surface area contributed by atoms with E-state index in [2.05, 4.69) is 4.98 Å². The molecule has 31 heavy (non-hydrogen) atoms. The number of halogens is 2. The van der Waals surface area contributed by atoms with E-state index in [4.69, 9.17) is 4.74 Å². The lowest BCUT2D eigenvalue weighted by molar-refractivity contribution is -0.0282. The van der Waals surface area contributed by atoms with Gasteiger partial charge in [-0.25, -0.2) is 18.6 Å². The smallest absolute Gasteiger partial charge is 0.416 e. The highest BCUT2D eigenvalue weighted by molar-refractivity contribution is 5.88. The molecule has 4 rings (SSSR count). The van der Waals surface area contributed by atoms with Crippen molar-refractivity contribution >= 4 is 11.9 Å². The van der Waals surface area contributed by atoms with Crippen molar-refractivity contribution in [3.63, 3.8) is 0 Å². The summed E-state index contributed by atoms with van der Waals surface area (Å²) in [6.45, 7) is 1.87. The van der Waals surface area contributed by atoms with E-state index in [-0.39, 0.29) is 31.0 Å². The molecule has 1 aliphatic heterocycles. The Morgan fingerprint density at radius 1 is 1.10 bits per heavy atom. The molecular weight excluding hydrogens is 402 g/mol. The van der Waals surface area contributed by atoms with Gasteiger partial charge in [-0.1, -0.05) is 24.3 Å². The molecule has 7 heteroatoms. The molecule has 160 valence electrons. The number of amides is 1. The number of aliphatic hydroxyl groups excluding tert-OH is 1. The van der Waals surface area contributed by atoms with Gasteiger partial charge in [0, 0.05) is 37.1 Å². The number of hydrogen-bond donors (Lipinski definition) is 1. The second-order valence-corrected chi connectivity index (χ2v) is 7.56. The second-order valence-electron chi connectivity index (χ2n) is 7.56. The van der Waals surface area contributed by atoms with Crippen molar-refractivity contribution in [2.45, 2.75) is 25.4 Å². The average molecular weight is 424 g/mol. The number of benzene rings is 2. The van der Waals surface area contributed by atoms with Crippen LogP contribution in [0.3, 0.4) is 0 Å². The van der Waals surface area contributed by atoms with Crippen molar-refractivity contribution in [3.05, 3.63) is 83.4 Å². The van der Waals surface area contributed by atoms with Gasteiger partial charge in [0.2, 0.25) is 0 Å². The highest BCUT2D eigenvalue weighted by atomic mass is 19.1. The number of carbonyl (C=O) groups is 1. The molecule has 1 aliphatic rings. The van der Waals surface area contributed by atoms with Crippen molar-refractivity contribution in [1.82, 2.24) is 4.98 Å². The summed E-state index contributed by atoms with van der Waals surface area (Å²) in [5, 5.41) is 9.55. The van der Waals surface area contributed by atoms with Gasteiger partial charge < -0.3 is 9.84 Å².